The summed E-state index contributed by atoms with van der Waals surface area (Å²) in [6.45, 7) is 4.44. The molecule has 0 aliphatic carbocycles. The predicted octanol–water partition coefficient (Wildman–Crippen LogP) is 4.17. The van der Waals surface area contributed by atoms with Crippen molar-refractivity contribution in [1.82, 2.24) is 0 Å². The lowest BCUT2D eigenvalue weighted by Gasteiger charge is -2.14. The van der Waals surface area contributed by atoms with Gasteiger partial charge in [-0.05, 0) is 38.1 Å². The van der Waals surface area contributed by atoms with Crippen LogP contribution in [0.4, 0.5) is 11.4 Å². The summed E-state index contributed by atoms with van der Waals surface area (Å²) in [5, 5.41) is 0.318. The average molecular weight is 405 g/mol. The van der Waals surface area contributed by atoms with Gasteiger partial charge in [-0.3, -0.25) is 4.72 Å². The van der Waals surface area contributed by atoms with Crippen LogP contribution in [0.5, 0.6) is 11.5 Å². The number of rotatable bonds is 7. The smallest absolute Gasteiger partial charge is 0.262 e. The first kappa shape index (κ1) is 19.5. The molecule has 0 saturated heterocycles. The van der Waals surface area contributed by atoms with Gasteiger partial charge in [-0.2, -0.15) is 0 Å². The standard InChI is InChI=1S/C16H18Cl2N2O4S/c1-3-23-14-6-5-11(9-15(14)24-4-2)25(21,22)20-10-7-12(17)16(19)13(18)8-10/h5-9,20H,3-4,19H2,1-2H3. The minimum absolute atomic E-state index is 0.0171. The zero-order valence-electron chi connectivity index (χ0n) is 13.7. The minimum Gasteiger partial charge on any atom is -0.490 e. The maximum Gasteiger partial charge on any atom is 0.262 e. The second-order valence-electron chi connectivity index (χ2n) is 4.93. The fourth-order valence-corrected chi connectivity index (χ4v) is 3.60. The van der Waals surface area contributed by atoms with Crippen molar-refractivity contribution in [2.75, 3.05) is 23.7 Å². The predicted molar refractivity (Wildman–Crippen MR) is 100 cm³/mol. The molecule has 0 aliphatic heterocycles. The monoisotopic (exact) mass is 404 g/mol. The molecule has 0 saturated carbocycles. The van der Waals surface area contributed by atoms with Gasteiger partial charge in [-0.25, -0.2) is 8.42 Å². The van der Waals surface area contributed by atoms with Gasteiger partial charge < -0.3 is 15.2 Å². The van der Waals surface area contributed by atoms with Crippen molar-refractivity contribution in [3.05, 3.63) is 40.4 Å². The number of nitrogen functional groups attached to an aromatic ring is 1. The topological polar surface area (TPSA) is 90.7 Å². The normalized spacial score (nSPS) is 11.2. The summed E-state index contributed by atoms with van der Waals surface area (Å²) in [4.78, 5) is 0.0171. The largest absolute Gasteiger partial charge is 0.490 e. The summed E-state index contributed by atoms with van der Waals surface area (Å²) < 4.78 is 38.5. The van der Waals surface area contributed by atoms with Crippen LogP contribution >= 0.6 is 23.2 Å². The quantitative estimate of drug-likeness (QED) is 0.675. The molecular weight excluding hydrogens is 387 g/mol. The number of benzene rings is 2. The van der Waals surface area contributed by atoms with E-state index in [4.69, 9.17) is 38.4 Å². The van der Waals surface area contributed by atoms with Gasteiger partial charge in [0.25, 0.3) is 10.0 Å². The molecule has 0 aromatic heterocycles. The maximum atomic E-state index is 12.6. The fraction of sp³-hybridized carbons (Fsp3) is 0.250. The molecule has 2 aromatic rings. The molecule has 0 fully saturated rings. The number of halogens is 2. The number of anilines is 2. The van der Waals surface area contributed by atoms with Crippen molar-refractivity contribution in [1.29, 1.82) is 0 Å². The van der Waals surface area contributed by atoms with Gasteiger partial charge in [-0.15, -0.1) is 0 Å². The molecule has 0 spiro atoms. The number of sulfonamides is 1. The first-order valence-corrected chi connectivity index (χ1v) is 9.69. The Labute approximate surface area is 156 Å². The van der Waals surface area contributed by atoms with E-state index < -0.39 is 10.0 Å². The van der Waals surface area contributed by atoms with E-state index in [0.29, 0.717) is 24.7 Å². The van der Waals surface area contributed by atoms with Crippen LogP contribution in [-0.2, 0) is 10.0 Å². The van der Waals surface area contributed by atoms with Gasteiger partial charge in [-0.1, -0.05) is 23.2 Å². The number of nitrogens with two attached hydrogens (primary N) is 1. The van der Waals surface area contributed by atoms with E-state index in [2.05, 4.69) is 4.72 Å². The molecule has 136 valence electrons. The number of hydrogen-bond donors (Lipinski definition) is 2. The minimum atomic E-state index is -3.88. The Bertz CT molecular complexity index is 849. The Morgan fingerprint density at radius 2 is 1.56 bits per heavy atom. The zero-order valence-corrected chi connectivity index (χ0v) is 16.0. The van der Waals surface area contributed by atoms with Crippen LogP contribution in [0.25, 0.3) is 0 Å². The Hall–Kier alpha value is -1.83. The lowest BCUT2D eigenvalue weighted by Crippen LogP contribution is -2.13. The van der Waals surface area contributed by atoms with Crippen LogP contribution in [0, 0.1) is 0 Å². The first-order valence-electron chi connectivity index (χ1n) is 7.45. The zero-order chi connectivity index (χ0) is 18.6. The lowest BCUT2D eigenvalue weighted by molar-refractivity contribution is 0.287. The summed E-state index contributed by atoms with van der Waals surface area (Å²) in [6.07, 6.45) is 0. The highest BCUT2D eigenvalue weighted by molar-refractivity contribution is 7.92. The van der Waals surface area contributed by atoms with E-state index in [1.807, 2.05) is 6.92 Å². The van der Waals surface area contributed by atoms with Crippen LogP contribution in [0.1, 0.15) is 13.8 Å². The molecule has 2 rings (SSSR count). The number of hydrogen-bond acceptors (Lipinski definition) is 5. The highest BCUT2D eigenvalue weighted by Crippen LogP contribution is 2.34. The van der Waals surface area contributed by atoms with E-state index in [1.54, 1.807) is 13.0 Å². The first-order chi connectivity index (χ1) is 11.8. The van der Waals surface area contributed by atoms with Crippen molar-refractivity contribution in [3.8, 4) is 11.5 Å². The van der Waals surface area contributed by atoms with E-state index in [0.717, 1.165) is 0 Å². The van der Waals surface area contributed by atoms with Crippen molar-refractivity contribution < 1.29 is 17.9 Å². The Kier molecular flexibility index (Phi) is 6.26. The molecule has 0 bridgehead atoms. The van der Waals surface area contributed by atoms with Crippen molar-refractivity contribution in [2.45, 2.75) is 18.7 Å². The molecule has 6 nitrogen and oxygen atoms in total. The van der Waals surface area contributed by atoms with E-state index in [1.165, 1.54) is 24.3 Å². The molecular formula is C16H18Cl2N2O4S. The summed E-state index contributed by atoms with van der Waals surface area (Å²) in [5.74, 6) is 0.822. The third kappa shape index (κ3) is 4.62. The highest BCUT2D eigenvalue weighted by Gasteiger charge is 2.18. The third-order valence-corrected chi connectivity index (χ3v) is 5.16. The van der Waals surface area contributed by atoms with Crippen molar-refractivity contribution in [2.24, 2.45) is 0 Å². The Balaban J connectivity index is 2.37. The summed E-state index contributed by atoms with van der Waals surface area (Å²) >= 11 is 11.9. The SMILES string of the molecule is CCOc1ccc(S(=O)(=O)Nc2cc(Cl)c(N)c(Cl)c2)cc1OCC. The van der Waals surface area contributed by atoms with E-state index in [-0.39, 0.29) is 26.3 Å². The molecule has 25 heavy (non-hydrogen) atoms. The summed E-state index contributed by atoms with van der Waals surface area (Å²) in [6, 6.07) is 7.15. The van der Waals surface area contributed by atoms with Gasteiger partial charge in [0.05, 0.1) is 39.5 Å². The van der Waals surface area contributed by atoms with Crippen LogP contribution in [-0.4, -0.2) is 21.6 Å². The van der Waals surface area contributed by atoms with Gasteiger partial charge in [0.15, 0.2) is 11.5 Å². The van der Waals surface area contributed by atoms with Gasteiger partial charge >= 0.3 is 0 Å². The van der Waals surface area contributed by atoms with E-state index in [9.17, 15) is 8.42 Å². The molecule has 0 atom stereocenters. The van der Waals surface area contributed by atoms with Crippen LogP contribution < -0.4 is 19.9 Å². The maximum absolute atomic E-state index is 12.6. The summed E-state index contributed by atoms with van der Waals surface area (Å²) in [7, 11) is -3.88. The number of nitrogens with one attached hydrogen (secondary N) is 1. The van der Waals surface area contributed by atoms with E-state index >= 15 is 0 Å². The number of ether oxygens (including phenoxy) is 2. The Morgan fingerprint density at radius 1 is 1.00 bits per heavy atom. The molecule has 2 aromatic carbocycles. The average Bonchev–Trinajstić information content (AvgIpc) is 2.54. The highest BCUT2D eigenvalue weighted by atomic mass is 35.5. The third-order valence-electron chi connectivity index (χ3n) is 3.16. The van der Waals surface area contributed by atoms with Crippen LogP contribution in [0.15, 0.2) is 35.2 Å². The lowest BCUT2D eigenvalue weighted by atomic mass is 10.3. The van der Waals surface area contributed by atoms with Crippen LogP contribution in [0.2, 0.25) is 10.0 Å². The second kappa shape index (κ2) is 8.03. The molecule has 0 radical (unpaired) electrons. The Morgan fingerprint density at radius 3 is 2.12 bits per heavy atom. The molecule has 0 heterocycles. The van der Waals surface area contributed by atoms with Crippen molar-refractivity contribution >= 4 is 44.6 Å². The molecule has 0 amide bonds. The fourth-order valence-electron chi connectivity index (χ4n) is 2.06. The second-order valence-corrected chi connectivity index (χ2v) is 7.43. The van der Waals surface area contributed by atoms with Gasteiger partial charge in [0, 0.05) is 6.07 Å². The molecule has 0 aliphatic rings. The van der Waals surface area contributed by atoms with Crippen molar-refractivity contribution in [3.63, 3.8) is 0 Å². The van der Waals surface area contributed by atoms with Gasteiger partial charge in [0.1, 0.15) is 0 Å². The molecule has 9 heteroatoms. The summed E-state index contributed by atoms with van der Waals surface area (Å²) in [5.41, 5.74) is 6.04. The van der Waals surface area contributed by atoms with Gasteiger partial charge in [0.2, 0.25) is 0 Å². The molecule has 3 N–H and O–H groups in total. The molecule has 0 unspecified atom stereocenters. The van der Waals surface area contributed by atoms with Crippen LogP contribution in [0.3, 0.4) is 0 Å².